The van der Waals surface area contributed by atoms with Gasteiger partial charge >= 0.3 is 0 Å². The number of aliphatic hydroxyl groups excluding tert-OH is 1. The maximum absolute atomic E-state index is 9.52. The summed E-state index contributed by atoms with van der Waals surface area (Å²) in [7, 11) is 0. The molecule has 0 spiro atoms. The van der Waals surface area contributed by atoms with E-state index in [1.54, 1.807) is 17.5 Å². The standard InChI is InChI=1S/C16H14N2O2S/c1-11-4-12(9-21-11)6-18-14-2-3-15(13(5-14)8-19)16-7-17-10-20-16/h2-7,9-10,19H,8H2,1H3. The van der Waals surface area contributed by atoms with Gasteiger partial charge in [0.1, 0.15) is 0 Å². The number of oxazole rings is 1. The molecule has 0 amide bonds. The molecule has 0 saturated carbocycles. The van der Waals surface area contributed by atoms with Crippen molar-refractivity contribution in [3.8, 4) is 11.3 Å². The number of aliphatic hydroxyl groups is 1. The summed E-state index contributed by atoms with van der Waals surface area (Å²) in [5.74, 6) is 0.642. The van der Waals surface area contributed by atoms with E-state index in [9.17, 15) is 5.11 Å². The molecule has 106 valence electrons. The molecule has 2 heterocycles. The van der Waals surface area contributed by atoms with Crippen LogP contribution in [0.1, 0.15) is 16.0 Å². The number of benzene rings is 1. The van der Waals surface area contributed by atoms with Crippen molar-refractivity contribution in [1.82, 2.24) is 4.98 Å². The molecule has 0 aliphatic carbocycles. The van der Waals surface area contributed by atoms with Crippen molar-refractivity contribution in [3.63, 3.8) is 0 Å². The Morgan fingerprint density at radius 2 is 2.29 bits per heavy atom. The van der Waals surface area contributed by atoms with Gasteiger partial charge in [-0.15, -0.1) is 11.3 Å². The number of hydrogen-bond donors (Lipinski definition) is 1. The molecular weight excluding hydrogens is 284 g/mol. The number of hydrogen-bond acceptors (Lipinski definition) is 5. The van der Waals surface area contributed by atoms with E-state index in [0.29, 0.717) is 5.76 Å². The zero-order valence-electron chi connectivity index (χ0n) is 11.5. The highest BCUT2D eigenvalue weighted by Gasteiger charge is 2.08. The zero-order chi connectivity index (χ0) is 14.7. The van der Waals surface area contributed by atoms with Gasteiger partial charge in [0.15, 0.2) is 12.2 Å². The van der Waals surface area contributed by atoms with Crippen LogP contribution in [0.2, 0.25) is 0 Å². The van der Waals surface area contributed by atoms with E-state index in [4.69, 9.17) is 4.42 Å². The van der Waals surface area contributed by atoms with Crippen LogP contribution in [0.5, 0.6) is 0 Å². The Balaban J connectivity index is 1.89. The van der Waals surface area contributed by atoms with E-state index in [-0.39, 0.29) is 6.61 Å². The lowest BCUT2D eigenvalue weighted by Crippen LogP contribution is -1.88. The van der Waals surface area contributed by atoms with Gasteiger partial charge in [-0.2, -0.15) is 0 Å². The summed E-state index contributed by atoms with van der Waals surface area (Å²) >= 11 is 1.70. The molecule has 2 aromatic heterocycles. The van der Waals surface area contributed by atoms with Gasteiger partial charge in [-0.25, -0.2) is 4.98 Å². The summed E-state index contributed by atoms with van der Waals surface area (Å²) in [6.07, 6.45) is 4.83. The molecule has 3 aromatic rings. The average molecular weight is 298 g/mol. The van der Waals surface area contributed by atoms with Crippen molar-refractivity contribution < 1.29 is 9.52 Å². The van der Waals surface area contributed by atoms with Crippen LogP contribution in [0.15, 0.2) is 51.6 Å². The second-order valence-electron chi connectivity index (χ2n) is 4.61. The quantitative estimate of drug-likeness (QED) is 0.742. The Hall–Kier alpha value is -2.24. The zero-order valence-corrected chi connectivity index (χ0v) is 12.3. The van der Waals surface area contributed by atoms with Gasteiger partial charge in [0.25, 0.3) is 0 Å². The van der Waals surface area contributed by atoms with Crippen LogP contribution >= 0.6 is 11.3 Å². The molecule has 1 aromatic carbocycles. The van der Waals surface area contributed by atoms with Gasteiger partial charge in [0, 0.05) is 22.2 Å². The lowest BCUT2D eigenvalue weighted by Gasteiger charge is -2.05. The molecule has 3 rings (SSSR count). The number of aliphatic imine (C=N–C) groups is 1. The van der Waals surface area contributed by atoms with E-state index >= 15 is 0 Å². The third kappa shape index (κ3) is 3.09. The summed E-state index contributed by atoms with van der Waals surface area (Å²) < 4.78 is 5.27. The molecule has 0 fully saturated rings. The predicted molar refractivity (Wildman–Crippen MR) is 84.2 cm³/mol. The number of nitrogens with zero attached hydrogens (tertiary/aromatic N) is 2. The molecule has 5 heteroatoms. The van der Waals surface area contributed by atoms with Crippen molar-refractivity contribution in [2.24, 2.45) is 4.99 Å². The summed E-state index contributed by atoms with van der Waals surface area (Å²) in [5.41, 5.74) is 3.48. The minimum atomic E-state index is -0.0725. The van der Waals surface area contributed by atoms with Crippen molar-refractivity contribution in [2.45, 2.75) is 13.5 Å². The van der Waals surface area contributed by atoms with E-state index < -0.39 is 0 Å². The Morgan fingerprint density at radius 1 is 1.38 bits per heavy atom. The van der Waals surface area contributed by atoms with Gasteiger partial charge in [0.05, 0.1) is 18.5 Å². The molecule has 0 unspecified atom stereocenters. The molecule has 4 nitrogen and oxygen atoms in total. The molecule has 0 aliphatic heterocycles. The monoisotopic (exact) mass is 298 g/mol. The maximum atomic E-state index is 9.52. The van der Waals surface area contributed by atoms with Gasteiger partial charge < -0.3 is 9.52 Å². The first kappa shape index (κ1) is 13.7. The number of thiophene rings is 1. The van der Waals surface area contributed by atoms with Crippen LogP contribution in [0.3, 0.4) is 0 Å². The Labute approximate surface area is 126 Å². The third-order valence-corrected chi connectivity index (χ3v) is 3.95. The first-order valence-electron chi connectivity index (χ1n) is 6.48. The number of aromatic nitrogens is 1. The van der Waals surface area contributed by atoms with E-state index in [1.165, 1.54) is 11.3 Å². The topological polar surface area (TPSA) is 58.6 Å². The van der Waals surface area contributed by atoms with Gasteiger partial charge in [-0.1, -0.05) is 0 Å². The highest BCUT2D eigenvalue weighted by atomic mass is 32.1. The fourth-order valence-corrected chi connectivity index (χ4v) is 2.72. The summed E-state index contributed by atoms with van der Waals surface area (Å²) in [5, 5.41) is 11.6. The second-order valence-corrected chi connectivity index (χ2v) is 5.73. The molecule has 21 heavy (non-hydrogen) atoms. The number of rotatable bonds is 4. The lowest BCUT2D eigenvalue weighted by molar-refractivity contribution is 0.282. The minimum absolute atomic E-state index is 0.0725. The molecule has 0 atom stereocenters. The van der Waals surface area contributed by atoms with Crippen LogP contribution in [0.4, 0.5) is 5.69 Å². The summed E-state index contributed by atoms with van der Waals surface area (Å²) in [6.45, 7) is 2.00. The van der Waals surface area contributed by atoms with E-state index in [0.717, 1.165) is 22.4 Å². The van der Waals surface area contributed by atoms with Crippen molar-refractivity contribution in [3.05, 3.63) is 58.2 Å². The third-order valence-electron chi connectivity index (χ3n) is 3.07. The van der Waals surface area contributed by atoms with Crippen LogP contribution < -0.4 is 0 Å². The van der Waals surface area contributed by atoms with Gasteiger partial charge in [-0.3, -0.25) is 4.99 Å². The van der Waals surface area contributed by atoms with Crippen LogP contribution in [0, 0.1) is 6.92 Å². The van der Waals surface area contributed by atoms with Crippen LogP contribution in [-0.4, -0.2) is 16.3 Å². The Kier molecular flexibility index (Phi) is 3.94. The fraction of sp³-hybridized carbons (Fsp3) is 0.125. The minimum Gasteiger partial charge on any atom is -0.444 e. The molecular formula is C16H14N2O2S. The maximum Gasteiger partial charge on any atom is 0.181 e. The summed E-state index contributed by atoms with van der Waals surface area (Å²) in [4.78, 5) is 9.60. The van der Waals surface area contributed by atoms with Gasteiger partial charge in [-0.05, 0) is 42.1 Å². The Bertz CT molecular complexity index is 760. The molecule has 0 saturated heterocycles. The van der Waals surface area contributed by atoms with Gasteiger partial charge in [0.2, 0.25) is 0 Å². The molecule has 0 radical (unpaired) electrons. The second kappa shape index (κ2) is 6.03. The molecule has 0 aliphatic rings. The first-order chi connectivity index (χ1) is 10.3. The van der Waals surface area contributed by atoms with Crippen LogP contribution in [0.25, 0.3) is 11.3 Å². The van der Waals surface area contributed by atoms with Crippen molar-refractivity contribution >= 4 is 23.2 Å². The Morgan fingerprint density at radius 3 is 2.95 bits per heavy atom. The largest absolute Gasteiger partial charge is 0.444 e. The smallest absolute Gasteiger partial charge is 0.181 e. The lowest BCUT2D eigenvalue weighted by atomic mass is 10.1. The normalized spacial score (nSPS) is 11.3. The van der Waals surface area contributed by atoms with E-state index in [1.807, 2.05) is 24.4 Å². The predicted octanol–water partition coefficient (Wildman–Crippen LogP) is 3.95. The van der Waals surface area contributed by atoms with Crippen molar-refractivity contribution in [2.75, 3.05) is 0 Å². The first-order valence-corrected chi connectivity index (χ1v) is 7.36. The average Bonchev–Trinajstić information content (AvgIpc) is 3.16. The van der Waals surface area contributed by atoms with E-state index in [2.05, 4.69) is 28.3 Å². The molecule has 0 bridgehead atoms. The summed E-state index contributed by atoms with van der Waals surface area (Å²) in [6, 6.07) is 7.72. The highest BCUT2D eigenvalue weighted by molar-refractivity contribution is 7.10. The van der Waals surface area contributed by atoms with Crippen LogP contribution in [-0.2, 0) is 6.61 Å². The SMILES string of the molecule is Cc1cc(C=Nc2ccc(-c3cnco3)c(CO)c2)cs1. The highest BCUT2D eigenvalue weighted by Crippen LogP contribution is 2.27. The number of aryl methyl sites for hydroxylation is 1. The fourth-order valence-electron chi connectivity index (χ4n) is 2.06. The van der Waals surface area contributed by atoms with Crippen molar-refractivity contribution in [1.29, 1.82) is 0 Å². The molecule has 1 N–H and O–H groups in total.